The Hall–Kier alpha value is -2.25. The van der Waals surface area contributed by atoms with Crippen LogP contribution in [0.4, 0.5) is 0 Å². The summed E-state index contributed by atoms with van der Waals surface area (Å²) in [6.07, 6.45) is 0.500. The van der Waals surface area contributed by atoms with Crippen LogP contribution < -0.4 is 0 Å². The molecule has 0 N–H and O–H groups in total. The highest BCUT2D eigenvalue weighted by molar-refractivity contribution is 6.13. The van der Waals surface area contributed by atoms with Gasteiger partial charge in [-0.3, -0.25) is 19.2 Å². The van der Waals surface area contributed by atoms with E-state index in [2.05, 4.69) is 0 Å². The van der Waals surface area contributed by atoms with Gasteiger partial charge in [0.2, 0.25) is 11.1 Å². The number of likely N-dealkylation sites (N-methyl/N-ethyl adjacent to an activating group) is 1. The summed E-state index contributed by atoms with van der Waals surface area (Å²) < 4.78 is 17.6. The molecule has 26 heavy (non-hydrogen) atoms. The van der Waals surface area contributed by atoms with E-state index in [-0.39, 0.29) is 11.8 Å². The van der Waals surface area contributed by atoms with Gasteiger partial charge >= 0.3 is 5.97 Å². The van der Waals surface area contributed by atoms with Gasteiger partial charge in [-0.15, -0.1) is 0 Å². The molecule has 0 bridgehead atoms. The lowest BCUT2D eigenvalue weighted by molar-refractivity contribution is -0.491. The summed E-state index contributed by atoms with van der Waals surface area (Å²) in [5.74, 6) is -1.68. The second kappa shape index (κ2) is 5.14. The van der Waals surface area contributed by atoms with Crippen LogP contribution in [0.15, 0.2) is 29.3 Å². The van der Waals surface area contributed by atoms with Crippen molar-refractivity contribution in [3.63, 3.8) is 0 Å². The van der Waals surface area contributed by atoms with Crippen LogP contribution in [0.1, 0.15) is 43.1 Å². The molecule has 0 aliphatic carbocycles. The predicted molar refractivity (Wildman–Crippen MR) is 92.4 cm³/mol. The normalized spacial score (nSPS) is 35.2. The number of ether oxygens (including phenoxy) is 3. The maximum atomic E-state index is 13.4. The number of nitrogens with zero attached hydrogens (tertiary/aromatic N) is 2. The molecular formula is C19H22N2O5. The second-order valence-corrected chi connectivity index (χ2v) is 7.45. The molecule has 7 nitrogen and oxygen atoms in total. The predicted octanol–water partition coefficient (Wildman–Crippen LogP) is 2.06. The summed E-state index contributed by atoms with van der Waals surface area (Å²) in [5, 5.41) is 0. The monoisotopic (exact) mass is 358 g/mol. The lowest BCUT2D eigenvalue weighted by Gasteiger charge is -2.63. The number of fused-ring (bicyclic) bond motifs is 4. The molecule has 3 atom stereocenters. The number of amides is 2. The van der Waals surface area contributed by atoms with Crippen LogP contribution in [0.5, 0.6) is 0 Å². The van der Waals surface area contributed by atoms with E-state index in [9.17, 15) is 9.59 Å². The number of aliphatic imine (C=N–C) groups is 1. The number of carbonyl (C=O) groups excluding carboxylic acids is 2. The molecule has 3 aliphatic heterocycles. The molecule has 3 aliphatic rings. The van der Waals surface area contributed by atoms with Crippen molar-refractivity contribution < 1.29 is 23.8 Å². The summed E-state index contributed by atoms with van der Waals surface area (Å²) in [6, 6.07) is 7.01. The third-order valence-electron chi connectivity index (χ3n) is 5.43. The fourth-order valence-electron chi connectivity index (χ4n) is 4.53. The third kappa shape index (κ3) is 1.68. The first-order valence-corrected chi connectivity index (χ1v) is 8.67. The Morgan fingerprint density at radius 3 is 2.62 bits per heavy atom. The van der Waals surface area contributed by atoms with Crippen LogP contribution in [-0.2, 0) is 24.6 Å². The number of methoxy groups -OCH3 is 1. The van der Waals surface area contributed by atoms with Gasteiger partial charge in [-0.1, -0.05) is 32.0 Å². The van der Waals surface area contributed by atoms with Gasteiger partial charge in [-0.05, 0) is 18.4 Å². The van der Waals surface area contributed by atoms with Crippen molar-refractivity contribution in [2.24, 2.45) is 10.9 Å². The molecule has 0 unspecified atom stereocenters. The van der Waals surface area contributed by atoms with E-state index in [1.165, 1.54) is 14.2 Å². The standard InChI is InChI=1S/C19H22N2O5/c1-11(2)10-17-18(26-19(17,24-5)25-12(3)20-17)14-9-7-6-8-13(14)15(22)21(4)16(18)23/h6-9,11H,10H2,1-5H3/t17-,18+,19-/m1/s1. The molecule has 0 radical (unpaired) electrons. The highest BCUT2D eigenvalue weighted by Gasteiger charge is 2.87. The van der Waals surface area contributed by atoms with E-state index in [1.54, 1.807) is 31.2 Å². The molecule has 1 aromatic rings. The van der Waals surface area contributed by atoms with E-state index in [1.807, 2.05) is 13.8 Å². The maximum Gasteiger partial charge on any atom is 0.360 e. The van der Waals surface area contributed by atoms with Crippen LogP contribution in [-0.4, -0.2) is 48.3 Å². The Kier molecular flexibility index (Phi) is 3.40. The molecule has 3 heterocycles. The summed E-state index contributed by atoms with van der Waals surface area (Å²) in [4.78, 5) is 31.9. The molecule has 1 spiro atoms. The van der Waals surface area contributed by atoms with Gasteiger partial charge in [0.05, 0.1) is 0 Å². The number of carbonyl (C=O) groups is 2. The summed E-state index contributed by atoms with van der Waals surface area (Å²) in [7, 11) is 2.94. The first-order valence-electron chi connectivity index (χ1n) is 8.67. The number of benzene rings is 1. The van der Waals surface area contributed by atoms with Gasteiger partial charge < -0.3 is 9.47 Å². The maximum absolute atomic E-state index is 13.4. The van der Waals surface area contributed by atoms with Crippen molar-refractivity contribution in [3.8, 4) is 0 Å². The van der Waals surface area contributed by atoms with E-state index in [0.717, 1.165) is 4.90 Å². The quantitative estimate of drug-likeness (QED) is 0.773. The topological polar surface area (TPSA) is 77.4 Å². The van der Waals surface area contributed by atoms with E-state index >= 15 is 0 Å². The SMILES string of the molecule is CO[C@@]12OC(C)=N[C@]1(CC(C)C)[C@@]1(O2)C(=O)N(C)C(=O)c2ccccc21. The van der Waals surface area contributed by atoms with Crippen LogP contribution in [0.25, 0.3) is 0 Å². The molecule has 4 rings (SSSR count). The zero-order valence-electron chi connectivity index (χ0n) is 15.5. The molecular weight excluding hydrogens is 336 g/mol. The van der Waals surface area contributed by atoms with Gasteiger partial charge in [0.1, 0.15) is 0 Å². The zero-order valence-corrected chi connectivity index (χ0v) is 15.5. The molecule has 7 heteroatoms. The highest BCUT2D eigenvalue weighted by atomic mass is 16.9. The van der Waals surface area contributed by atoms with Crippen molar-refractivity contribution in [2.75, 3.05) is 14.2 Å². The van der Waals surface area contributed by atoms with Crippen molar-refractivity contribution in [1.29, 1.82) is 0 Å². The zero-order chi connectivity index (χ0) is 18.9. The molecule has 1 aromatic carbocycles. The molecule has 0 saturated carbocycles. The molecule has 2 amide bonds. The van der Waals surface area contributed by atoms with Crippen LogP contribution in [0.3, 0.4) is 0 Å². The van der Waals surface area contributed by atoms with Gasteiger partial charge in [-0.2, -0.15) is 0 Å². The summed E-state index contributed by atoms with van der Waals surface area (Å²) >= 11 is 0. The van der Waals surface area contributed by atoms with E-state index in [0.29, 0.717) is 23.4 Å². The minimum atomic E-state index is -1.47. The smallest absolute Gasteiger partial charge is 0.360 e. The highest BCUT2D eigenvalue weighted by Crippen LogP contribution is 2.66. The molecule has 138 valence electrons. The number of imide groups is 1. The Morgan fingerprint density at radius 2 is 1.96 bits per heavy atom. The Labute approximate surface area is 151 Å². The molecule has 1 fully saturated rings. The van der Waals surface area contributed by atoms with Crippen LogP contribution in [0, 0.1) is 5.92 Å². The summed E-state index contributed by atoms with van der Waals surface area (Å²) in [6.45, 7) is 5.79. The summed E-state index contributed by atoms with van der Waals surface area (Å²) in [5.41, 5.74) is -1.61. The average Bonchev–Trinajstić information content (AvgIpc) is 2.82. The van der Waals surface area contributed by atoms with Crippen LogP contribution in [0.2, 0.25) is 0 Å². The van der Waals surface area contributed by atoms with Crippen molar-refractivity contribution in [1.82, 2.24) is 4.90 Å². The Morgan fingerprint density at radius 1 is 1.27 bits per heavy atom. The average molecular weight is 358 g/mol. The number of hydrogen-bond acceptors (Lipinski definition) is 6. The van der Waals surface area contributed by atoms with Crippen LogP contribution >= 0.6 is 0 Å². The first kappa shape index (κ1) is 17.2. The third-order valence-corrected chi connectivity index (χ3v) is 5.43. The Balaban J connectivity index is 2.02. The second-order valence-electron chi connectivity index (χ2n) is 7.45. The van der Waals surface area contributed by atoms with Gasteiger partial charge in [0, 0.05) is 32.2 Å². The minimum absolute atomic E-state index is 0.187. The Bertz CT molecular complexity index is 850. The lowest BCUT2D eigenvalue weighted by atomic mass is 9.61. The molecule has 0 aromatic heterocycles. The number of hydrogen-bond donors (Lipinski definition) is 0. The lowest BCUT2D eigenvalue weighted by Crippen LogP contribution is -2.83. The van der Waals surface area contributed by atoms with Crippen molar-refractivity contribution in [3.05, 3.63) is 35.4 Å². The van der Waals surface area contributed by atoms with E-state index in [4.69, 9.17) is 19.2 Å². The minimum Gasteiger partial charge on any atom is -0.424 e. The molecule has 1 saturated heterocycles. The number of rotatable bonds is 3. The fourth-order valence-corrected chi connectivity index (χ4v) is 4.53. The van der Waals surface area contributed by atoms with E-state index < -0.39 is 23.0 Å². The largest absolute Gasteiger partial charge is 0.424 e. The van der Waals surface area contributed by atoms with Gasteiger partial charge in [0.15, 0.2) is 5.90 Å². The fraction of sp³-hybridized carbons (Fsp3) is 0.526. The van der Waals surface area contributed by atoms with Crippen molar-refractivity contribution in [2.45, 2.75) is 44.3 Å². The van der Waals surface area contributed by atoms with Gasteiger partial charge in [0.25, 0.3) is 11.8 Å². The van der Waals surface area contributed by atoms with Gasteiger partial charge in [-0.25, -0.2) is 4.99 Å². The van der Waals surface area contributed by atoms with Crippen molar-refractivity contribution >= 4 is 17.7 Å². The first-order chi connectivity index (χ1) is 12.2.